The zero-order valence-electron chi connectivity index (χ0n) is 4.79. The normalized spacial score (nSPS) is 16.4. The number of rotatable bonds is 3. The van der Waals surface area contributed by atoms with Gasteiger partial charge in [-0.25, -0.2) is 8.42 Å². The molecular weight excluding hydrogens is 226 g/mol. The van der Waals surface area contributed by atoms with Gasteiger partial charge in [0.05, 0.1) is 10.1 Å². The fourth-order valence-electron chi connectivity index (χ4n) is 0.249. The molecule has 68 valence electrons. The van der Waals surface area contributed by atoms with Gasteiger partial charge in [-0.15, -0.1) is 0 Å². The fraction of sp³-hybridized carbons (Fsp3) is 1.00. The van der Waals surface area contributed by atoms with Gasteiger partial charge in [0.1, 0.15) is 5.75 Å². The van der Waals surface area contributed by atoms with Crippen molar-refractivity contribution in [3.05, 3.63) is 0 Å². The Labute approximate surface area is 68.1 Å². The molecule has 9 heteroatoms. The van der Waals surface area contributed by atoms with E-state index >= 15 is 0 Å². The van der Waals surface area contributed by atoms with Gasteiger partial charge in [-0.2, -0.15) is 8.78 Å². The van der Waals surface area contributed by atoms with Crippen LogP contribution in [0.15, 0.2) is 0 Å². The van der Waals surface area contributed by atoms with Crippen LogP contribution < -0.4 is 0 Å². The van der Waals surface area contributed by atoms with Gasteiger partial charge >= 0.3 is 5.38 Å². The van der Waals surface area contributed by atoms with E-state index < -0.39 is 30.1 Å². The predicted molar refractivity (Wildman–Crippen MR) is 33.5 cm³/mol. The standard InChI is InChI=1S/C2H3ClF2O4S2/c3-2(4,5)1-11(8,9)10(6)7/h1H2,(H,6,7)/p-1. The second kappa shape index (κ2) is 3.30. The minimum atomic E-state index is -4.82. The van der Waals surface area contributed by atoms with Crippen molar-refractivity contribution < 1.29 is 26.0 Å². The summed E-state index contributed by atoms with van der Waals surface area (Å²) in [6.45, 7) is 0. The first kappa shape index (κ1) is 11.2. The number of hydrogen-bond acceptors (Lipinski definition) is 4. The molecule has 0 bridgehead atoms. The maximum Gasteiger partial charge on any atom is 0.336 e. The summed E-state index contributed by atoms with van der Waals surface area (Å²) in [7, 11) is -8.39. The van der Waals surface area contributed by atoms with E-state index in [1.807, 2.05) is 0 Å². The highest BCUT2D eigenvalue weighted by atomic mass is 35.5. The van der Waals surface area contributed by atoms with Crippen LogP contribution in [-0.2, 0) is 19.0 Å². The SMILES string of the molecule is O=S([O-])S(=O)(=O)CC(F)(F)Cl. The highest BCUT2D eigenvalue weighted by molar-refractivity contribution is 8.62. The Hall–Kier alpha value is 0.210. The van der Waals surface area contributed by atoms with E-state index in [4.69, 9.17) is 0 Å². The average molecular weight is 228 g/mol. The van der Waals surface area contributed by atoms with Gasteiger partial charge in [-0.05, 0) is 11.6 Å². The third-order valence-corrected chi connectivity index (χ3v) is 3.57. The largest absolute Gasteiger partial charge is 0.760 e. The monoisotopic (exact) mass is 227 g/mol. The number of halogens is 3. The molecule has 0 aliphatic heterocycles. The van der Waals surface area contributed by atoms with Gasteiger partial charge in [0.2, 0.25) is 8.87 Å². The Kier molecular flexibility index (Phi) is 3.36. The molecule has 0 radical (unpaired) electrons. The molecule has 1 atom stereocenters. The van der Waals surface area contributed by atoms with E-state index in [0.29, 0.717) is 0 Å². The molecule has 0 heterocycles. The molecule has 0 aromatic heterocycles. The predicted octanol–water partition coefficient (Wildman–Crippen LogP) is 0.0269. The van der Waals surface area contributed by atoms with Crippen molar-refractivity contribution in [3.8, 4) is 0 Å². The lowest BCUT2D eigenvalue weighted by Gasteiger charge is -2.09. The summed E-state index contributed by atoms with van der Waals surface area (Å²) in [6.07, 6.45) is 0. The van der Waals surface area contributed by atoms with Crippen LogP contribution in [0.1, 0.15) is 0 Å². The third kappa shape index (κ3) is 4.62. The summed E-state index contributed by atoms with van der Waals surface area (Å²) >= 11 is 4.18. The van der Waals surface area contributed by atoms with Crippen LogP contribution in [0.2, 0.25) is 0 Å². The summed E-state index contributed by atoms with van der Waals surface area (Å²) in [5, 5.41) is -4.04. The van der Waals surface area contributed by atoms with Gasteiger partial charge in [0, 0.05) is 0 Å². The Bertz CT molecular complexity index is 254. The van der Waals surface area contributed by atoms with Crippen molar-refractivity contribution >= 4 is 30.6 Å². The Morgan fingerprint density at radius 1 is 1.55 bits per heavy atom. The molecule has 4 nitrogen and oxygen atoms in total. The van der Waals surface area contributed by atoms with Gasteiger partial charge in [-0.3, -0.25) is 4.21 Å². The van der Waals surface area contributed by atoms with Gasteiger partial charge in [0.15, 0.2) is 0 Å². The number of hydrogen-bond donors (Lipinski definition) is 0. The van der Waals surface area contributed by atoms with Crippen molar-refractivity contribution in [1.82, 2.24) is 0 Å². The molecule has 0 aliphatic carbocycles. The van der Waals surface area contributed by atoms with Crippen molar-refractivity contribution in [2.45, 2.75) is 5.38 Å². The first-order valence-corrected chi connectivity index (χ1v) is 5.66. The Balaban J connectivity index is 4.53. The van der Waals surface area contributed by atoms with E-state index in [9.17, 15) is 26.0 Å². The fourth-order valence-corrected chi connectivity index (χ4v) is 2.10. The molecule has 0 fully saturated rings. The topological polar surface area (TPSA) is 74.3 Å². The Morgan fingerprint density at radius 3 is 2.00 bits per heavy atom. The minimum Gasteiger partial charge on any atom is -0.760 e. The third-order valence-electron chi connectivity index (χ3n) is 0.548. The molecule has 0 spiro atoms. The number of alkyl halides is 3. The molecule has 0 amide bonds. The van der Waals surface area contributed by atoms with Crippen LogP contribution in [0.4, 0.5) is 8.78 Å². The van der Waals surface area contributed by atoms with Crippen LogP contribution in [0, 0.1) is 0 Å². The Morgan fingerprint density at radius 2 is 1.91 bits per heavy atom. The molecule has 0 aliphatic rings. The van der Waals surface area contributed by atoms with E-state index in [0.717, 1.165) is 0 Å². The van der Waals surface area contributed by atoms with E-state index in [1.165, 1.54) is 0 Å². The van der Waals surface area contributed by atoms with Gasteiger partial charge < -0.3 is 4.55 Å². The van der Waals surface area contributed by atoms with Crippen LogP contribution in [0.5, 0.6) is 0 Å². The summed E-state index contributed by atoms with van der Waals surface area (Å²) in [4.78, 5) is 0. The average Bonchev–Trinajstić information content (AvgIpc) is 1.56. The van der Waals surface area contributed by atoms with Crippen LogP contribution in [0.3, 0.4) is 0 Å². The van der Waals surface area contributed by atoms with Crippen molar-refractivity contribution in [1.29, 1.82) is 0 Å². The molecule has 0 rings (SSSR count). The molecule has 0 saturated heterocycles. The van der Waals surface area contributed by atoms with E-state index in [-0.39, 0.29) is 0 Å². The smallest absolute Gasteiger partial charge is 0.336 e. The van der Waals surface area contributed by atoms with Crippen molar-refractivity contribution in [3.63, 3.8) is 0 Å². The summed E-state index contributed by atoms with van der Waals surface area (Å²) < 4.78 is 63.2. The lowest BCUT2D eigenvalue weighted by molar-refractivity contribution is 0.123. The lowest BCUT2D eigenvalue weighted by Crippen LogP contribution is -2.24. The summed E-state index contributed by atoms with van der Waals surface area (Å²) in [5.41, 5.74) is 0. The first-order chi connectivity index (χ1) is 4.65. The molecule has 0 aromatic carbocycles. The zero-order chi connectivity index (χ0) is 9.28. The summed E-state index contributed by atoms with van der Waals surface area (Å²) in [5.74, 6) is -1.91. The van der Waals surface area contributed by atoms with Crippen LogP contribution >= 0.6 is 11.6 Å². The van der Waals surface area contributed by atoms with Gasteiger partial charge in [-0.1, -0.05) is 0 Å². The molecule has 0 aromatic rings. The molecular formula is C2H2ClF2O4S2-. The van der Waals surface area contributed by atoms with Crippen molar-refractivity contribution in [2.75, 3.05) is 5.75 Å². The highest BCUT2D eigenvalue weighted by Gasteiger charge is 2.33. The quantitative estimate of drug-likeness (QED) is 0.387. The molecule has 0 N–H and O–H groups in total. The van der Waals surface area contributed by atoms with Crippen LogP contribution in [0.25, 0.3) is 0 Å². The van der Waals surface area contributed by atoms with E-state index in [1.54, 1.807) is 0 Å². The second-order valence-electron chi connectivity index (χ2n) is 1.52. The second-order valence-corrected chi connectivity index (χ2v) is 6.23. The lowest BCUT2D eigenvalue weighted by atomic mass is 10.8. The van der Waals surface area contributed by atoms with E-state index in [2.05, 4.69) is 11.6 Å². The maximum atomic E-state index is 11.7. The first-order valence-electron chi connectivity index (χ1n) is 2.04. The van der Waals surface area contributed by atoms with Gasteiger partial charge in [0.25, 0.3) is 0 Å². The van der Waals surface area contributed by atoms with Crippen LogP contribution in [-0.4, -0.2) is 28.3 Å². The molecule has 1 unspecified atom stereocenters. The highest BCUT2D eigenvalue weighted by Crippen LogP contribution is 2.21. The van der Waals surface area contributed by atoms with Crippen molar-refractivity contribution in [2.24, 2.45) is 0 Å². The molecule has 0 saturated carbocycles. The molecule has 11 heavy (non-hydrogen) atoms. The summed E-state index contributed by atoms with van der Waals surface area (Å²) in [6, 6.07) is 0. The minimum absolute atomic E-state index is 1.91. The maximum absolute atomic E-state index is 11.7. The zero-order valence-corrected chi connectivity index (χ0v) is 7.18.